The number of pyridine rings is 1. The van der Waals surface area contributed by atoms with Crippen LogP contribution in [0.1, 0.15) is 12.8 Å². The molecule has 0 spiro atoms. The first-order chi connectivity index (χ1) is 9.53. The molecule has 0 atom stereocenters. The molecule has 20 heavy (non-hydrogen) atoms. The van der Waals surface area contributed by atoms with Gasteiger partial charge in [-0.25, -0.2) is 8.42 Å². The minimum Gasteiger partial charge on any atom is -0.380 e. The van der Waals surface area contributed by atoms with Crippen LogP contribution in [0, 0.1) is 0 Å². The zero-order valence-corrected chi connectivity index (χ0v) is 12.4. The van der Waals surface area contributed by atoms with Crippen LogP contribution in [0.5, 0.6) is 0 Å². The molecule has 1 aliphatic rings. The normalized spacial score (nSPS) is 19.1. The van der Waals surface area contributed by atoms with Crippen LogP contribution < -0.4 is 5.32 Å². The third-order valence-corrected chi connectivity index (χ3v) is 5.52. The van der Waals surface area contributed by atoms with E-state index >= 15 is 0 Å². The van der Waals surface area contributed by atoms with Crippen LogP contribution in [0.25, 0.3) is 10.9 Å². The van der Waals surface area contributed by atoms with Gasteiger partial charge in [-0.2, -0.15) is 0 Å². The maximum absolute atomic E-state index is 11.5. The highest BCUT2D eigenvalue weighted by Gasteiger charge is 2.23. The second-order valence-electron chi connectivity index (χ2n) is 5.10. The molecule has 106 valence electrons. The van der Waals surface area contributed by atoms with E-state index in [1.807, 2.05) is 24.3 Å². The quantitative estimate of drug-likeness (QED) is 0.926. The Morgan fingerprint density at radius 1 is 1.25 bits per heavy atom. The Morgan fingerprint density at radius 2 is 2.00 bits per heavy atom. The van der Waals surface area contributed by atoms with Crippen LogP contribution in [0.2, 0.25) is 5.02 Å². The number of halogens is 1. The summed E-state index contributed by atoms with van der Waals surface area (Å²) in [5.74, 6) is 0.493. The van der Waals surface area contributed by atoms with Gasteiger partial charge in [0.05, 0.1) is 22.7 Å². The molecular formula is C14H15ClN2O2S. The Kier molecular flexibility index (Phi) is 3.56. The fourth-order valence-electron chi connectivity index (χ4n) is 2.52. The lowest BCUT2D eigenvalue weighted by Gasteiger charge is -2.24. The molecule has 1 fully saturated rings. The molecule has 2 aromatic rings. The fraction of sp³-hybridized carbons (Fsp3) is 0.357. The van der Waals surface area contributed by atoms with Crippen LogP contribution in [-0.4, -0.2) is 30.9 Å². The SMILES string of the molecule is O=S1(=O)CCC(Nc2cc(Cl)cc3cccnc23)CC1. The minimum absolute atomic E-state index is 0.155. The summed E-state index contributed by atoms with van der Waals surface area (Å²) in [6, 6.07) is 7.71. The third-order valence-electron chi connectivity index (χ3n) is 3.58. The van der Waals surface area contributed by atoms with Crippen molar-refractivity contribution < 1.29 is 8.42 Å². The molecule has 4 nitrogen and oxygen atoms in total. The maximum Gasteiger partial charge on any atom is 0.150 e. The molecule has 1 N–H and O–H groups in total. The van der Waals surface area contributed by atoms with Gasteiger partial charge < -0.3 is 5.32 Å². The summed E-state index contributed by atoms with van der Waals surface area (Å²) >= 11 is 6.12. The maximum atomic E-state index is 11.5. The standard InChI is InChI=1S/C14H15ClN2O2S/c15-11-8-10-2-1-5-16-14(10)13(9-11)17-12-3-6-20(18,19)7-4-12/h1-2,5,8-9,12,17H,3-4,6-7H2. The zero-order chi connectivity index (χ0) is 14.2. The molecule has 1 aliphatic heterocycles. The number of anilines is 1. The summed E-state index contributed by atoms with van der Waals surface area (Å²) in [5.41, 5.74) is 1.74. The zero-order valence-electron chi connectivity index (χ0n) is 10.8. The third kappa shape index (κ3) is 2.88. The van der Waals surface area contributed by atoms with E-state index in [1.54, 1.807) is 6.20 Å². The Morgan fingerprint density at radius 3 is 2.75 bits per heavy atom. The lowest BCUT2D eigenvalue weighted by molar-refractivity contribution is 0.560. The molecule has 1 saturated heterocycles. The van der Waals surface area contributed by atoms with E-state index in [-0.39, 0.29) is 17.5 Å². The van der Waals surface area contributed by atoms with Crippen LogP contribution in [-0.2, 0) is 9.84 Å². The van der Waals surface area contributed by atoms with Crippen molar-refractivity contribution in [2.45, 2.75) is 18.9 Å². The number of hydrogen-bond acceptors (Lipinski definition) is 4. The topological polar surface area (TPSA) is 59.1 Å². The van der Waals surface area contributed by atoms with Gasteiger partial charge in [0.25, 0.3) is 0 Å². The molecule has 1 aromatic carbocycles. The van der Waals surface area contributed by atoms with Crippen LogP contribution >= 0.6 is 11.6 Å². The van der Waals surface area contributed by atoms with Gasteiger partial charge in [-0.15, -0.1) is 0 Å². The monoisotopic (exact) mass is 310 g/mol. The predicted octanol–water partition coefficient (Wildman–Crippen LogP) is 2.88. The average molecular weight is 311 g/mol. The summed E-state index contributed by atoms with van der Waals surface area (Å²) in [4.78, 5) is 4.38. The number of aromatic nitrogens is 1. The van der Waals surface area contributed by atoms with Crippen molar-refractivity contribution in [2.75, 3.05) is 16.8 Å². The first-order valence-corrected chi connectivity index (χ1v) is 8.75. The van der Waals surface area contributed by atoms with E-state index < -0.39 is 9.84 Å². The number of hydrogen-bond donors (Lipinski definition) is 1. The Bertz CT molecular complexity index is 732. The first kappa shape index (κ1) is 13.6. The van der Waals surface area contributed by atoms with Crippen molar-refractivity contribution >= 4 is 38.0 Å². The largest absolute Gasteiger partial charge is 0.380 e. The molecule has 0 bridgehead atoms. The van der Waals surface area contributed by atoms with E-state index in [0.29, 0.717) is 17.9 Å². The van der Waals surface area contributed by atoms with E-state index in [2.05, 4.69) is 10.3 Å². The van der Waals surface area contributed by atoms with Gasteiger partial charge in [0.2, 0.25) is 0 Å². The van der Waals surface area contributed by atoms with Crippen LogP contribution in [0.3, 0.4) is 0 Å². The molecule has 0 saturated carbocycles. The van der Waals surface area contributed by atoms with Crippen molar-refractivity contribution in [1.82, 2.24) is 4.98 Å². The number of benzene rings is 1. The minimum atomic E-state index is -2.84. The number of rotatable bonds is 2. The Labute approximate surface area is 123 Å². The van der Waals surface area contributed by atoms with Crippen molar-refractivity contribution in [2.24, 2.45) is 0 Å². The van der Waals surface area contributed by atoms with Crippen molar-refractivity contribution in [3.05, 3.63) is 35.5 Å². The average Bonchev–Trinajstić information content (AvgIpc) is 2.41. The summed E-state index contributed by atoms with van der Waals surface area (Å²) in [6.45, 7) is 0. The smallest absolute Gasteiger partial charge is 0.150 e. The highest BCUT2D eigenvalue weighted by molar-refractivity contribution is 7.91. The molecule has 0 amide bonds. The summed E-state index contributed by atoms with van der Waals surface area (Å²) in [7, 11) is -2.84. The molecule has 1 aromatic heterocycles. The fourth-order valence-corrected chi connectivity index (χ4v) is 4.24. The van der Waals surface area contributed by atoms with E-state index in [0.717, 1.165) is 16.6 Å². The number of nitrogens with one attached hydrogen (secondary N) is 1. The Balaban J connectivity index is 1.88. The van der Waals surface area contributed by atoms with E-state index in [1.165, 1.54) is 0 Å². The summed E-state index contributed by atoms with van der Waals surface area (Å²) < 4.78 is 22.9. The highest BCUT2D eigenvalue weighted by Crippen LogP contribution is 2.28. The highest BCUT2D eigenvalue weighted by atomic mass is 35.5. The van der Waals surface area contributed by atoms with Crippen molar-refractivity contribution in [3.8, 4) is 0 Å². The molecule has 2 heterocycles. The second kappa shape index (κ2) is 5.22. The molecule has 0 unspecified atom stereocenters. The van der Waals surface area contributed by atoms with Crippen LogP contribution in [0.15, 0.2) is 30.5 Å². The van der Waals surface area contributed by atoms with Gasteiger partial charge >= 0.3 is 0 Å². The summed E-state index contributed by atoms with van der Waals surface area (Å²) in [6.07, 6.45) is 3.00. The lowest BCUT2D eigenvalue weighted by atomic mass is 10.1. The molecule has 6 heteroatoms. The molecule has 0 radical (unpaired) electrons. The van der Waals surface area contributed by atoms with Gasteiger partial charge in [0.15, 0.2) is 0 Å². The molecule has 3 rings (SSSR count). The van der Waals surface area contributed by atoms with Gasteiger partial charge in [-0.05, 0) is 31.0 Å². The van der Waals surface area contributed by atoms with Gasteiger partial charge in [0, 0.05) is 22.6 Å². The first-order valence-electron chi connectivity index (χ1n) is 6.55. The van der Waals surface area contributed by atoms with E-state index in [4.69, 9.17) is 11.6 Å². The number of fused-ring (bicyclic) bond motifs is 1. The van der Waals surface area contributed by atoms with Gasteiger partial charge in [0.1, 0.15) is 9.84 Å². The van der Waals surface area contributed by atoms with Crippen molar-refractivity contribution in [3.63, 3.8) is 0 Å². The Hall–Kier alpha value is -1.33. The van der Waals surface area contributed by atoms with Gasteiger partial charge in [-0.1, -0.05) is 17.7 Å². The lowest BCUT2D eigenvalue weighted by Crippen LogP contribution is -2.32. The predicted molar refractivity (Wildman–Crippen MR) is 82.1 cm³/mol. The summed E-state index contributed by atoms with van der Waals surface area (Å²) in [5, 5.41) is 5.02. The number of nitrogens with zero attached hydrogens (tertiary/aromatic N) is 1. The van der Waals surface area contributed by atoms with E-state index in [9.17, 15) is 8.42 Å². The molecule has 0 aliphatic carbocycles. The van der Waals surface area contributed by atoms with Gasteiger partial charge in [-0.3, -0.25) is 4.98 Å². The van der Waals surface area contributed by atoms with Crippen molar-refractivity contribution in [1.29, 1.82) is 0 Å². The molecular weight excluding hydrogens is 296 g/mol. The number of sulfone groups is 1. The van der Waals surface area contributed by atoms with Crippen LogP contribution in [0.4, 0.5) is 5.69 Å². The second-order valence-corrected chi connectivity index (χ2v) is 7.84.